The number of aryl methyl sites for hydroxylation is 1. The molecule has 0 radical (unpaired) electrons. The van der Waals surface area contributed by atoms with Gasteiger partial charge < -0.3 is 24.4 Å². The highest BCUT2D eigenvalue weighted by molar-refractivity contribution is 7.18. The molecule has 0 bridgehead atoms. The number of anilines is 1. The summed E-state index contributed by atoms with van der Waals surface area (Å²) < 4.78 is 27.2. The highest BCUT2D eigenvalue weighted by Crippen LogP contribution is 2.33. The maximum Gasteiger partial charge on any atom is 0.410 e. The Morgan fingerprint density at radius 2 is 1.77 bits per heavy atom. The van der Waals surface area contributed by atoms with E-state index in [0.29, 0.717) is 86.2 Å². The molecule has 1 fully saturated rings. The van der Waals surface area contributed by atoms with Crippen LogP contribution in [0, 0.1) is 17.7 Å². The number of fused-ring (bicyclic) bond motifs is 2. The molecule has 1 saturated heterocycles. The lowest BCUT2D eigenvalue weighted by Crippen LogP contribution is -2.50. The predicted molar refractivity (Wildman–Crippen MR) is 219 cm³/mol. The smallest absolute Gasteiger partial charge is 0.410 e. The van der Waals surface area contributed by atoms with E-state index in [0.717, 1.165) is 26.4 Å². The van der Waals surface area contributed by atoms with Crippen molar-refractivity contribution in [1.82, 2.24) is 19.8 Å². The number of ketones is 1. The van der Waals surface area contributed by atoms with Gasteiger partial charge in [0.25, 0.3) is 0 Å². The number of carbonyl (C=O) groups excluding carboxylic acids is 2. The van der Waals surface area contributed by atoms with Crippen molar-refractivity contribution < 1.29 is 33.4 Å². The van der Waals surface area contributed by atoms with Crippen LogP contribution in [0.2, 0.25) is 0 Å². The number of amides is 1. The van der Waals surface area contributed by atoms with Gasteiger partial charge in [-0.2, -0.15) is 0 Å². The Labute approximate surface area is 339 Å². The molecule has 0 saturated carbocycles. The molecule has 14 heteroatoms. The highest BCUT2D eigenvalue weighted by atomic mass is 32.1. The second-order valence-electron chi connectivity index (χ2n) is 15.0. The number of Topliss-reactive ketones (excluding diaryl/α,β-unsaturated/α-hetero) is 1. The van der Waals surface area contributed by atoms with Gasteiger partial charge in [-0.25, -0.2) is 23.9 Å². The van der Waals surface area contributed by atoms with Crippen molar-refractivity contribution in [1.29, 1.82) is 0 Å². The van der Waals surface area contributed by atoms with Crippen LogP contribution in [-0.2, 0) is 30.5 Å². The number of aromatic nitrogens is 2. The number of hydrogen-bond acceptors (Lipinski definition) is 11. The molecule has 2 aliphatic heterocycles. The fourth-order valence-electron chi connectivity index (χ4n) is 6.82. The number of carboxylic acid groups (broad SMARTS) is 1. The second kappa shape index (κ2) is 17.4. The van der Waals surface area contributed by atoms with Gasteiger partial charge in [-0.3, -0.25) is 9.69 Å². The Balaban J connectivity index is 0.910. The van der Waals surface area contributed by atoms with Gasteiger partial charge in [0, 0.05) is 55.3 Å². The maximum absolute atomic E-state index is 15.0. The SMILES string of the molecule is CC(C)(C)OC(=O)N1CCN(CC#Cc2ccc(OCCCc3sc(N4CCc5cccc(C(=O)Cc6nc7ccccc7s6)c5C4)nc3C(=O)O)c(F)c2)CC1. The number of halogens is 1. The summed E-state index contributed by atoms with van der Waals surface area (Å²) in [5, 5.41) is 11.4. The van der Waals surface area contributed by atoms with Crippen molar-refractivity contribution in [2.75, 3.05) is 50.8 Å². The zero-order chi connectivity index (χ0) is 40.1. The average molecular weight is 810 g/mol. The summed E-state index contributed by atoms with van der Waals surface area (Å²) in [6.45, 7) is 9.78. The minimum absolute atomic E-state index is 0.0000209. The normalized spacial score (nSPS) is 14.5. The Morgan fingerprint density at radius 3 is 2.53 bits per heavy atom. The number of aromatic carboxylic acids is 1. The summed E-state index contributed by atoms with van der Waals surface area (Å²) in [5.41, 5.74) is 3.58. The van der Waals surface area contributed by atoms with E-state index in [1.165, 1.54) is 28.7 Å². The van der Waals surface area contributed by atoms with Gasteiger partial charge in [-0.05, 0) is 81.5 Å². The summed E-state index contributed by atoms with van der Waals surface area (Å²) in [4.78, 5) is 53.8. The predicted octanol–water partition coefficient (Wildman–Crippen LogP) is 7.49. The van der Waals surface area contributed by atoms with Crippen LogP contribution >= 0.6 is 22.7 Å². The number of hydrogen-bond donors (Lipinski definition) is 1. The van der Waals surface area contributed by atoms with Crippen molar-refractivity contribution in [3.05, 3.63) is 104 Å². The molecule has 0 spiro atoms. The molecule has 3 aromatic carbocycles. The Hall–Kier alpha value is -5.36. The summed E-state index contributed by atoms with van der Waals surface area (Å²) in [6, 6.07) is 18.3. The van der Waals surface area contributed by atoms with Crippen LogP contribution in [0.1, 0.15) is 74.6 Å². The van der Waals surface area contributed by atoms with Gasteiger partial charge in [0.05, 0.1) is 29.8 Å². The van der Waals surface area contributed by atoms with Gasteiger partial charge in [-0.1, -0.05) is 42.2 Å². The number of nitrogens with zero attached hydrogens (tertiary/aromatic N) is 5. The number of rotatable bonds is 11. The van der Waals surface area contributed by atoms with E-state index in [2.05, 4.69) is 26.7 Å². The topological polar surface area (TPSA) is 125 Å². The summed E-state index contributed by atoms with van der Waals surface area (Å²) in [5.74, 6) is 4.58. The lowest BCUT2D eigenvalue weighted by molar-refractivity contribution is 0.0155. The molecule has 11 nitrogen and oxygen atoms in total. The number of thiazole rings is 2. The van der Waals surface area contributed by atoms with Crippen LogP contribution in [0.25, 0.3) is 10.2 Å². The third-order valence-corrected chi connectivity index (χ3v) is 11.9. The highest BCUT2D eigenvalue weighted by Gasteiger charge is 2.28. The first-order valence-corrected chi connectivity index (χ1v) is 20.6. The molecule has 0 unspecified atom stereocenters. The molecule has 2 aromatic heterocycles. The third-order valence-electron chi connectivity index (χ3n) is 9.68. The Kier molecular flexibility index (Phi) is 12.2. The zero-order valence-corrected chi connectivity index (χ0v) is 33.8. The molecular weight excluding hydrogens is 766 g/mol. The van der Waals surface area contributed by atoms with Crippen molar-refractivity contribution in [2.24, 2.45) is 0 Å². The van der Waals surface area contributed by atoms with Crippen molar-refractivity contribution in [3.63, 3.8) is 0 Å². The van der Waals surface area contributed by atoms with Crippen LogP contribution < -0.4 is 9.64 Å². The molecule has 4 heterocycles. The first kappa shape index (κ1) is 39.9. The lowest BCUT2D eigenvalue weighted by atomic mass is 9.92. The Bertz CT molecular complexity index is 2320. The first-order valence-electron chi connectivity index (χ1n) is 19.0. The van der Waals surface area contributed by atoms with E-state index in [9.17, 15) is 23.9 Å². The van der Waals surface area contributed by atoms with Crippen molar-refractivity contribution in [2.45, 2.75) is 58.6 Å². The number of ether oxygens (including phenoxy) is 2. The average Bonchev–Trinajstić information content (AvgIpc) is 3.80. The van der Waals surface area contributed by atoms with E-state index in [1.54, 1.807) is 17.0 Å². The minimum atomic E-state index is -1.11. The summed E-state index contributed by atoms with van der Waals surface area (Å²) in [6.07, 6.45) is 1.46. The van der Waals surface area contributed by atoms with E-state index in [1.807, 2.05) is 68.1 Å². The Morgan fingerprint density at radius 1 is 0.965 bits per heavy atom. The van der Waals surface area contributed by atoms with Gasteiger partial charge in [0.2, 0.25) is 0 Å². The first-order chi connectivity index (χ1) is 27.4. The molecule has 2 aliphatic rings. The summed E-state index contributed by atoms with van der Waals surface area (Å²) in [7, 11) is 0. The monoisotopic (exact) mass is 809 g/mol. The molecule has 5 aromatic rings. The van der Waals surface area contributed by atoms with Gasteiger partial charge in [0.1, 0.15) is 10.6 Å². The van der Waals surface area contributed by atoms with E-state index in [-0.39, 0.29) is 36.3 Å². The largest absolute Gasteiger partial charge is 0.491 e. The molecule has 1 N–H and O–H groups in total. The van der Waals surface area contributed by atoms with Crippen molar-refractivity contribution in [3.8, 4) is 17.6 Å². The number of benzene rings is 3. The molecule has 7 rings (SSSR count). The van der Waals surface area contributed by atoms with Crippen LogP contribution in [0.15, 0.2) is 60.7 Å². The molecular formula is C43H44FN5O6S2. The standard InChI is InChI=1S/C43H44FN5O6S2/c1-43(2,3)55-42(53)48-22-20-47(21-23-48)18-7-9-28-15-16-35(32(44)25-28)54-24-8-14-37-39(40(51)52)46-41(57-37)49-19-17-29-10-6-11-30(31(29)27-49)34(50)26-38-45-33-12-4-5-13-36(33)56-38/h4-6,10-13,15-16,25H,8,14,17-24,26-27H2,1-3H3,(H,51,52). The van der Waals surface area contributed by atoms with Gasteiger partial charge in [-0.15, -0.1) is 22.7 Å². The second-order valence-corrected chi connectivity index (χ2v) is 17.2. The van der Waals surface area contributed by atoms with Gasteiger partial charge >= 0.3 is 12.1 Å². The van der Waals surface area contributed by atoms with E-state index < -0.39 is 17.4 Å². The molecule has 0 aliphatic carbocycles. The fraction of sp³-hybridized carbons (Fsp3) is 0.372. The minimum Gasteiger partial charge on any atom is -0.491 e. The van der Waals surface area contributed by atoms with E-state index >= 15 is 0 Å². The van der Waals surface area contributed by atoms with Crippen LogP contribution in [-0.4, -0.2) is 94.2 Å². The van der Waals surface area contributed by atoms with Crippen molar-refractivity contribution >= 4 is 55.9 Å². The fourth-order valence-corrected chi connectivity index (χ4v) is 8.91. The van der Waals surface area contributed by atoms with Crippen LogP contribution in [0.5, 0.6) is 5.75 Å². The number of carboxylic acids is 1. The number of carbonyl (C=O) groups is 3. The molecule has 296 valence electrons. The van der Waals surface area contributed by atoms with E-state index in [4.69, 9.17) is 9.47 Å². The number of para-hydroxylation sites is 1. The third kappa shape index (κ3) is 9.97. The van der Waals surface area contributed by atoms with Gasteiger partial charge in [0.15, 0.2) is 28.2 Å². The van der Waals surface area contributed by atoms with Crippen LogP contribution in [0.4, 0.5) is 14.3 Å². The van der Waals surface area contributed by atoms with Crippen LogP contribution in [0.3, 0.4) is 0 Å². The summed E-state index contributed by atoms with van der Waals surface area (Å²) >= 11 is 2.86. The zero-order valence-electron chi connectivity index (χ0n) is 32.2. The lowest BCUT2D eigenvalue weighted by Gasteiger charge is -2.34. The quantitative estimate of drug-likeness (QED) is 0.0815. The molecule has 0 atom stereocenters. The molecule has 1 amide bonds. The molecule has 57 heavy (non-hydrogen) atoms. The maximum atomic E-state index is 15.0. The number of piperazine rings is 1.